The number of aromatic nitrogens is 2. The van der Waals surface area contributed by atoms with Crippen LogP contribution in [0.2, 0.25) is 0 Å². The second-order valence-electron chi connectivity index (χ2n) is 14.2. The smallest absolute Gasteiger partial charge is 0.408 e. The summed E-state index contributed by atoms with van der Waals surface area (Å²) in [6, 6.07) is 1.87. The molecule has 2 bridgehead atoms. The summed E-state index contributed by atoms with van der Waals surface area (Å²) in [7, 11) is 1.52. The number of carbonyl (C=O) groups is 3. The number of fused-ring (bicyclic) bond motifs is 7. The monoisotopic (exact) mass is 628 g/mol. The van der Waals surface area contributed by atoms with E-state index in [-0.39, 0.29) is 17.9 Å². The third-order valence-electron chi connectivity index (χ3n) is 9.92. The largest absolute Gasteiger partial charge is 0.497 e. The lowest BCUT2D eigenvalue weighted by Crippen LogP contribution is -2.58. The molecule has 12 heteroatoms. The molecule has 0 radical (unpaired) electrons. The highest BCUT2D eigenvalue weighted by atomic mass is 19.3. The van der Waals surface area contributed by atoms with Crippen molar-refractivity contribution in [3.8, 4) is 11.6 Å². The normalized spacial score (nSPS) is 31.8. The lowest BCUT2D eigenvalue weighted by molar-refractivity contribution is -0.150. The number of methoxy groups -OCH3 is 1. The van der Waals surface area contributed by atoms with Crippen molar-refractivity contribution in [1.29, 1.82) is 0 Å². The molecule has 3 fully saturated rings. The van der Waals surface area contributed by atoms with Crippen LogP contribution >= 0.6 is 0 Å². The van der Waals surface area contributed by atoms with Crippen LogP contribution in [0.15, 0.2) is 18.2 Å². The molecule has 45 heavy (non-hydrogen) atoms. The summed E-state index contributed by atoms with van der Waals surface area (Å²) >= 11 is 0. The van der Waals surface area contributed by atoms with Gasteiger partial charge in [-0.05, 0) is 74.3 Å². The highest BCUT2D eigenvalue weighted by molar-refractivity contribution is 5.93. The number of aryl methyl sites for hydroxylation is 1. The summed E-state index contributed by atoms with van der Waals surface area (Å²) in [5.41, 5.74) is 0.554. The Bertz CT molecular complexity index is 1500. The molecule has 244 valence electrons. The van der Waals surface area contributed by atoms with Crippen LogP contribution in [0.25, 0.3) is 11.0 Å². The number of benzene rings is 1. The van der Waals surface area contributed by atoms with Gasteiger partial charge in [-0.1, -0.05) is 33.6 Å². The molecule has 3 heterocycles. The number of rotatable bonds is 2. The van der Waals surface area contributed by atoms with Gasteiger partial charge in [-0.2, -0.15) is 8.78 Å². The van der Waals surface area contributed by atoms with Gasteiger partial charge in [0.2, 0.25) is 11.8 Å². The Morgan fingerprint density at radius 2 is 1.84 bits per heavy atom. The quantitative estimate of drug-likeness (QED) is 0.488. The summed E-state index contributed by atoms with van der Waals surface area (Å²) in [6.07, 6.45) is 2.95. The zero-order valence-corrected chi connectivity index (χ0v) is 26.5. The van der Waals surface area contributed by atoms with Gasteiger partial charge in [0.1, 0.15) is 23.6 Å². The molecule has 1 aromatic heterocycles. The Labute approximate surface area is 261 Å². The summed E-state index contributed by atoms with van der Waals surface area (Å²) in [6.45, 7) is 5.64. The number of ketones is 1. The Kier molecular flexibility index (Phi) is 8.14. The maximum Gasteiger partial charge on any atom is 0.408 e. The average Bonchev–Trinajstić information content (AvgIpc) is 3.56. The number of hydrogen-bond acceptors (Lipinski definition) is 8. The van der Waals surface area contributed by atoms with Crippen molar-refractivity contribution in [2.75, 3.05) is 13.7 Å². The standard InChI is InChI=1S/C33H42F2N4O6/c1-17(40)28-33(34,35)26-16-39(28)30(41)27(32(2,3)4)38-31(42)44-25-14-18-13-21(18)20(25)9-7-6-8-10-23-29(45-26)37-24-15-19(43-5)11-12-22(24)36-23/h11-12,15,18,20-21,25-28H,6-10,13-14,16H2,1-5H3,(H,38,42)/t18?,20-,21?,25-,26+,27-,28-/m1/s1. The Hall–Kier alpha value is -3.57. The molecule has 1 aromatic carbocycles. The van der Waals surface area contributed by atoms with Crippen molar-refractivity contribution in [3.05, 3.63) is 23.9 Å². The molecular formula is C33H42F2N4O6. The molecule has 2 amide bonds. The molecule has 2 aliphatic carbocycles. The summed E-state index contributed by atoms with van der Waals surface area (Å²) in [5, 5.41) is 2.69. The van der Waals surface area contributed by atoms with Crippen LogP contribution in [0.4, 0.5) is 13.6 Å². The number of alkyl carbamates (subject to hydrolysis) is 1. The second-order valence-corrected chi connectivity index (χ2v) is 14.2. The zero-order valence-electron chi connectivity index (χ0n) is 26.5. The van der Waals surface area contributed by atoms with Gasteiger partial charge < -0.3 is 24.4 Å². The molecular weight excluding hydrogens is 586 g/mol. The fraction of sp³-hybridized carbons (Fsp3) is 0.667. The number of hydrogen-bond donors (Lipinski definition) is 1. The second kappa shape index (κ2) is 11.7. The molecule has 1 saturated heterocycles. The first kappa shape index (κ1) is 31.4. The number of Topliss-reactive ketones (excluding diaryl/α,β-unsaturated/α-hetero) is 1. The van der Waals surface area contributed by atoms with Crippen LogP contribution in [-0.2, 0) is 20.7 Å². The first-order chi connectivity index (χ1) is 21.3. The van der Waals surface area contributed by atoms with Gasteiger partial charge in [0.25, 0.3) is 0 Å². The number of nitrogens with zero attached hydrogens (tertiary/aromatic N) is 3. The van der Waals surface area contributed by atoms with E-state index >= 15 is 8.78 Å². The highest BCUT2D eigenvalue weighted by Gasteiger charge is 2.63. The van der Waals surface area contributed by atoms with E-state index in [2.05, 4.69) is 10.3 Å². The van der Waals surface area contributed by atoms with Gasteiger partial charge in [0.15, 0.2) is 17.9 Å². The minimum Gasteiger partial charge on any atom is -0.497 e. The number of alkyl halides is 2. The van der Waals surface area contributed by atoms with E-state index in [4.69, 9.17) is 19.2 Å². The maximum absolute atomic E-state index is 16.1. The zero-order chi connectivity index (χ0) is 32.3. The fourth-order valence-corrected chi connectivity index (χ4v) is 7.49. The number of ether oxygens (including phenoxy) is 3. The van der Waals surface area contributed by atoms with Gasteiger partial charge in [0, 0.05) is 6.07 Å². The number of carbonyl (C=O) groups excluding carboxylic acids is 3. The van der Waals surface area contributed by atoms with E-state index in [0.717, 1.165) is 50.3 Å². The van der Waals surface area contributed by atoms with E-state index in [1.807, 2.05) is 0 Å². The van der Waals surface area contributed by atoms with Crippen LogP contribution < -0.4 is 14.8 Å². The maximum atomic E-state index is 16.1. The average molecular weight is 629 g/mol. The van der Waals surface area contributed by atoms with Crippen LogP contribution in [0, 0.1) is 23.2 Å². The SMILES string of the molecule is COc1ccc2nc3c(nc2c1)O[C@H]1CN(C(=O)[C@H](C(C)(C)C)NC(=O)O[C@@H]2CC4CC4[C@H]2CCCCC3)[C@H](C(C)=O)C1(F)F. The predicted octanol–water partition coefficient (Wildman–Crippen LogP) is 5.10. The van der Waals surface area contributed by atoms with E-state index < -0.39 is 53.9 Å². The van der Waals surface area contributed by atoms with E-state index in [1.165, 1.54) is 7.11 Å². The van der Waals surface area contributed by atoms with Gasteiger partial charge in [-0.15, -0.1) is 0 Å². The summed E-state index contributed by atoms with van der Waals surface area (Å²) < 4.78 is 49.4. The fourth-order valence-electron chi connectivity index (χ4n) is 7.49. The number of amides is 2. The van der Waals surface area contributed by atoms with Gasteiger partial charge in [-0.3, -0.25) is 9.59 Å². The van der Waals surface area contributed by atoms with Crippen LogP contribution in [0.1, 0.15) is 71.9 Å². The minimum atomic E-state index is -3.74. The van der Waals surface area contributed by atoms with E-state index in [0.29, 0.717) is 40.7 Å². The predicted molar refractivity (Wildman–Crippen MR) is 160 cm³/mol. The van der Waals surface area contributed by atoms with Crippen molar-refractivity contribution < 1.29 is 37.4 Å². The van der Waals surface area contributed by atoms with Crippen LogP contribution in [0.5, 0.6) is 11.6 Å². The Balaban J connectivity index is 1.39. The molecule has 10 nitrogen and oxygen atoms in total. The third-order valence-corrected chi connectivity index (χ3v) is 9.92. The molecule has 1 N–H and O–H groups in total. The molecule has 7 atom stereocenters. The first-order valence-electron chi connectivity index (χ1n) is 15.9. The topological polar surface area (TPSA) is 120 Å². The minimum absolute atomic E-state index is 0.0519. The van der Waals surface area contributed by atoms with Crippen molar-refractivity contribution in [2.24, 2.45) is 23.2 Å². The molecule has 2 aliphatic heterocycles. The molecule has 2 unspecified atom stereocenters. The summed E-state index contributed by atoms with van der Waals surface area (Å²) in [5.74, 6) is -3.62. The van der Waals surface area contributed by atoms with Crippen LogP contribution in [0.3, 0.4) is 0 Å². The summed E-state index contributed by atoms with van der Waals surface area (Å²) in [4.78, 5) is 50.2. The molecule has 6 rings (SSSR count). The Morgan fingerprint density at radius 3 is 2.56 bits per heavy atom. The van der Waals surface area contributed by atoms with Crippen molar-refractivity contribution >= 4 is 28.8 Å². The molecule has 4 aliphatic rings. The highest BCUT2D eigenvalue weighted by Crippen LogP contribution is 2.57. The Morgan fingerprint density at radius 1 is 1.07 bits per heavy atom. The first-order valence-corrected chi connectivity index (χ1v) is 15.9. The van der Waals surface area contributed by atoms with Gasteiger partial charge >= 0.3 is 12.0 Å². The number of halogens is 2. The van der Waals surface area contributed by atoms with Crippen molar-refractivity contribution in [3.63, 3.8) is 0 Å². The van der Waals surface area contributed by atoms with E-state index in [9.17, 15) is 14.4 Å². The number of nitrogens with one attached hydrogen (secondary N) is 1. The van der Waals surface area contributed by atoms with E-state index in [1.54, 1.807) is 39.0 Å². The van der Waals surface area contributed by atoms with Gasteiger partial charge in [0.05, 0.1) is 24.7 Å². The van der Waals surface area contributed by atoms with Crippen LogP contribution in [-0.4, -0.2) is 76.5 Å². The van der Waals surface area contributed by atoms with Crippen molar-refractivity contribution in [1.82, 2.24) is 20.2 Å². The molecule has 2 aromatic rings. The van der Waals surface area contributed by atoms with Gasteiger partial charge in [-0.25, -0.2) is 14.8 Å². The molecule has 0 spiro atoms. The lowest BCUT2D eigenvalue weighted by Gasteiger charge is -2.35. The lowest BCUT2D eigenvalue weighted by atomic mass is 9.85. The van der Waals surface area contributed by atoms with Crippen molar-refractivity contribution in [2.45, 2.75) is 103 Å². The third kappa shape index (κ3) is 6.04. The molecule has 2 saturated carbocycles.